The van der Waals surface area contributed by atoms with E-state index in [1.54, 1.807) is 29.7 Å². The minimum Gasteiger partial charge on any atom is -0.342 e. The molecule has 2 N–H and O–H groups in total. The second kappa shape index (κ2) is 6.47. The maximum Gasteiger partial charge on any atom is 0.237 e. The summed E-state index contributed by atoms with van der Waals surface area (Å²) in [5.41, 5.74) is 1.13. The highest BCUT2D eigenvalue weighted by Crippen LogP contribution is 2.45. The summed E-state index contributed by atoms with van der Waals surface area (Å²) in [5, 5.41) is 16.6. The molecule has 0 aromatic carbocycles. The Balaban J connectivity index is 1.67. The summed E-state index contributed by atoms with van der Waals surface area (Å²) in [6, 6.07) is 3.82. The number of hydrogen-bond donors (Lipinski definition) is 2. The third kappa shape index (κ3) is 2.40. The molecule has 2 aliphatic heterocycles. The van der Waals surface area contributed by atoms with Crippen molar-refractivity contribution in [1.82, 2.24) is 24.5 Å². The zero-order chi connectivity index (χ0) is 20.0. The maximum absolute atomic E-state index is 8.75. The number of anilines is 2. The monoisotopic (exact) mass is 387 g/mol. The number of hydrogen-bond acceptors (Lipinski definition) is 7. The van der Waals surface area contributed by atoms with Gasteiger partial charge in [0.1, 0.15) is 17.3 Å². The number of pyridine rings is 1. The van der Waals surface area contributed by atoms with Gasteiger partial charge in [-0.2, -0.15) is 4.98 Å². The number of fused-ring (bicyclic) bond motifs is 3. The number of nitrogens with one attached hydrogen (secondary N) is 2. The Morgan fingerprint density at radius 1 is 1.24 bits per heavy atom. The number of aromatic nitrogens is 5. The summed E-state index contributed by atoms with van der Waals surface area (Å²) in [6.45, 7) is 2.93. The predicted molar refractivity (Wildman–Crippen MR) is 111 cm³/mol. The Morgan fingerprint density at radius 3 is 2.90 bits per heavy atom. The fraction of sp³-hybridized carbons (Fsp3) is 0.300. The molecule has 3 aromatic rings. The first-order chi connectivity index (χ1) is 14.2. The van der Waals surface area contributed by atoms with E-state index >= 15 is 0 Å². The molecular formula is C20H21N9. The van der Waals surface area contributed by atoms with Crippen LogP contribution in [0.3, 0.4) is 0 Å². The van der Waals surface area contributed by atoms with Crippen molar-refractivity contribution in [2.24, 2.45) is 0 Å². The van der Waals surface area contributed by atoms with E-state index in [4.69, 9.17) is 15.8 Å². The average Bonchev–Trinajstić information content (AvgIpc) is 3.43. The van der Waals surface area contributed by atoms with Gasteiger partial charge in [-0.3, -0.25) is 25.3 Å². The van der Waals surface area contributed by atoms with Gasteiger partial charge in [-0.05, 0) is 31.4 Å². The molecule has 5 rings (SSSR count). The van der Waals surface area contributed by atoms with E-state index in [1.165, 1.54) is 6.34 Å². The summed E-state index contributed by atoms with van der Waals surface area (Å²) >= 11 is 0. The summed E-state index contributed by atoms with van der Waals surface area (Å²) in [6.07, 6.45) is 12.6. The highest BCUT2D eigenvalue weighted by Gasteiger charge is 2.50. The van der Waals surface area contributed by atoms with Crippen molar-refractivity contribution in [2.45, 2.75) is 31.7 Å². The van der Waals surface area contributed by atoms with E-state index in [-0.39, 0.29) is 0 Å². The van der Waals surface area contributed by atoms with Gasteiger partial charge < -0.3 is 4.90 Å². The Hall–Kier alpha value is -3.62. The molecule has 0 bridgehead atoms. The lowest BCUT2D eigenvalue weighted by Crippen LogP contribution is -2.60. The van der Waals surface area contributed by atoms with Crippen LogP contribution in [0.2, 0.25) is 0 Å². The van der Waals surface area contributed by atoms with Gasteiger partial charge in [-0.15, -0.1) is 0 Å². The summed E-state index contributed by atoms with van der Waals surface area (Å²) in [7, 11) is 0. The quantitative estimate of drug-likeness (QED) is 0.526. The molecule has 0 amide bonds. The second-order valence-corrected chi connectivity index (χ2v) is 7.23. The average molecular weight is 387 g/mol. The minimum atomic E-state index is -0.419. The summed E-state index contributed by atoms with van der Waals surface area (Å²) in [5.74, 6) is 2.42. The molecule has 29 heavy (non-hydrogen) atoms. The fourth-order valence-electron chi connectivity index (χ4n) is 4.46. The van der Waals surface area contributed by atoms with Crippen LogP contribution < -0.4 is 9.80 Å². The molecule has 0 radical (unpaired) electrons. The molecule has 9 nitrogen and oxygen atoms in total. The van der Waals surface area contributed by atoms with Crippen LogP contribution in [-0.2, 0) is 0 Å². The van der Waals surface area contributed by atoms with E-state index in [1.807, 2.05) is 22.9 Å². The second-order valence-electron chi connectivity index (χ2n) is 7.23. The first kappa shape index (κ1) is 17.5. The SMILES string of the molecule is CC[C@@]12CCCN1c1nc(-n3ccnc3-c3cccnc3)ncc1N(C=N)C2=N. The molecule has 0 unspecified atom stereocenters. The highest BCUT2D eigenvalue weighted by molar-refractivity contribution is 6.18. The van der Waals surface area contributed by atoms with Gasteiger partial charge in [0.05, 0.1) is 18.1 Å². The molecule has 5 heterocycles. The topological polar surface area (TPSA) is 111 Å². The Morgan fingerprint density at radius 2 is 2.14 bits per heavy atom. The third-order valence-corrected chi connectivity index (χ3v) is 5.91. The molecule has 1 saturated heterocycles. The molecular weight excluding hydrogens is 366 g/mol. The van der Waals surface area contributed by atoms with E-state index in [9.17, 15) is 0 Å². The normalized spacial score (nSPS) is 20.5. The Labute approximate surface area is 168 Å². The number of amidine groups is 1. The van der Waals surface area contributed by atoms with Crippen molar-refractivity contribution >= 4 is 23.7 Å². The van der Waals surface area contributed by atoms with Crippen LogP contribution in [0.4, 0.5) is 11.5 Å². The number of rotatable bonds is 4. The lowest BCUT2D eigenvalue weighted by molar-refractivity contribution is 0.525. The van der Waals surface area contributed by atoms with Gasteiger partial charge in [-0.1, -0.05) is 6.92 Å². The lowest BCUT2D eigenvalue weighted by Gasteiger charge is -2.47. The van der Waals surface area contributed by atoms with Gasteiger partial charge in [0.15, 0.2) is 5.82 Å². The zero-order valence-electron chi connectivity index (χ0n) is 16.1. The van der Waals surface area contributed by atoms with Crippen molar-refractivity contribution in [3.63, 3.8) is 0 Å². The Bertz CT molecular complexity index is 1090. The standard InChI is InChI=1S/C20H21N9/c1-2-20-6-4-9-29(20)17-15(28(13-21)18(20)22)12-25-19(26-17)27-10-8-24-16(27)14-5-3-7-23-11-14/h3,5,7-8,10-13,21-22H,2,4,6,9H2,1H3/t20-/m0/s1. The molecule has 2 aliphatic rings. The molecule has 0 saturated carbocycles. The minimum absolute atomic E-state index is 0.419. The lowest BCUT2D eigenvalue weighted by atomic mass is 9.88. The fourth-order valence-corrected chi connectivity index (χ4v) is 4.46. The van der Waals surface area contributed by atoms with Crippen molar-refractivity contribution in [2.75, 3.05) is 16.3 Å². The number of nitrogens with zero attached hydrogens (tertiary/aromatic N) is 7. The Kier molecular flexibility index (Phi) is 3.90. The van der Waals surface area contributed by atoms with E-state index < -0.39 is 5.54 Å². The number of imidazole rings is 1. The van der Waals surface area contributed by atoms with Gasteiger partial charge in [0.2, 0.25) is 5.95 Å². The largest absolute Gasteiger partial charge is 0.342 e. The van der Waals surface area contributed by atoms with E-state index in [2.05, 4.69) is 26.8 Å². The molecule has 0 aliphatic carbocycles. The molecule has 1 atom stereocenters. The predicted octanol–water partition coefficient (Wildman–Crippen LogP) is 2.88. The summed E-state index contributed by atoms with van der Waals surface area (Å²) < 4.78 is 1.84. The van der Waals surface area contributed by atoms with Gasteiger partial charge in [0.25, 0.3) is 0 Å². The van der Waals surface area contributed by atoms with Gasteiger partial charge >= 0.3 is 0 Å². The maximum atomic E-state index is 8.75. The van der Waals surface area contributed by atoms with Gasteiger partial charge in [0, 0.05) is 36.9 Å². The van der Waals surface area contributed by atoms with Crippen LogP contribution in [0.15, 0.2) is 43.1 Å². The van der Waals surface area contributed by atoms with Gasteiger partial charge in [-0.25, -0.2) is 9.97 Å². The van der Waals surface area contributed by atoms with Crippen molar-refractivity contribution < 1.29 is 0 Å². The third-order valence-electron chi connectivity index (χ3n) is 5.91. The molecule has 1 fully saturated rings. The van der Waals surface area contributed by atoms with Crippen LogP contribution in [-0.4, -0.2) is 48.8 Å². The molecule has 146 valence electrons. The first-order valence-corrected chi connectivity index (χ1v) is 9.67. The van der Waals surface area contributed by atoms with E-state index in [0.29, 0.717) is 23.3 Å². The zero-order valence-corrected chi connectivity index (χ0v) is 16.1. The molecule has 3 aromatic heterocycles. The molecule has 9 heteroatoms. The van der Waals surface area contributed by atoms with Crippen molar-refractivity contribution in [3.8, 4) is 17.3 Å². The smallest absolute Gasteiger partial charge is 0.237 e. The first-order valence-electron chi connectivity index (χ1n) is 9.67. The summed E-state index contributed by atoms with van der Waals surface area (Å²) in [4.78, 5) is 21.9. The van der Waals surface area contributed by atoms with Crippen LogP contribution in [0.1, 0.15) is 26.2 Å². The van der Waals surface area contributed by atoms with Crippen LogP contribution >= 0.6 is 0 Å². The van der Waals surface area contributed by atoms with E-state index in [0.717, 1.165) is 37.2 Å². The van der Waals surface area contributed by atoms with Crippen LogP contribution in [0.5, 0.6) is 0 Å². The highest BCUT2D eigenvalue weighted by atomic mass is 15.4. The van der Waals surface area contributed by atoms with Crippen molar-refractivity contribution in [1.29, 1.82) is 10.8 Å². The molecule has 0 spiro atoms. The van der Waals surface area contributed by atoms with Crippen LogP contribution in [0.25, 0.3) is 17.3 Å². The van der Waals surface area contributed by atoms with Crippen LogP contribution in [0, 0.1) is 10.8 Å². The van der Waals surface area contributed by atoms with Crippen molar-refractivity contribution in [3.05, 3.63) is 43.1 Å².